The highest BCUT2D eigenvalue weighted by molar-refractivity contribution is 5.93. The molecule has 3 rings (SSSR count). The van der Waals surface area contributed by atoms with Crippen LogP contribution < -0.4 is 11.1 Å². The second-order valence-corrected chi connectivity index (χ2v) is 6.66. The summed E-state index contributed by atoms with van der Waals surface area (Å²) in [7, 11) is 0. The molecule has 0 unspecified atom stereocenters. The lowest BCUT2D eigenvalue weighted by Crippen LogP contribution is -2.35. The van der Waals surface area contributed by atoms with E-state index in [0.717, 1.165) is 31.7 Å². The molecule has 1 amide bonds. The molecule has 1 aromatic heterocycles. The van der Waals surface area contributed by atoms with Crippen LogP contribution in [0.3, 0.4) is 0 Å². The van der Waals surface area contributed by atoms with E-state index in [9.17, 15) is 4.79 Å². The Kier molecular flexibility index (Phi) is 5.83. The summed E-state index contributed by atoms with van der Waals surface area (Å²) in [5.41, 5.74) is 8.22. The molecule has 6 heteroatoms. The van der Waals surface area contributed by atoms with Crippen LogP contribution in [0.2, 0.25) is 0 Å². The van der Waals surface area contributed by atoms with Crippen LogP contribution in [0, 0.1) is 0 Å². The van der Waals surface area contributed by atoms with Crippen molar-refractivity contribution in [3.05, 3.63) is 42.4 Å². The minimum atomic E-state index is -0.488. The average molecular weight is 341 g/mol. The number of nitrogens with one attached hydrogen (secondary N) is 1. The standard InChI is InChI=1S/C19H27N5O/c1-2-7-16(20)19(25)22-18-13-24(14-21-18)17-9-4-3-8-15(17)12-23-10-5-6-11-23/h3-4,8-9,13-14,16H,2,5-7,10-12,20H2,1H3,(H,22,25)/t16-/m0/s1. The van der Waals surface area contributed by atoms with Crippen molar-refractivity contribution in [2.45, 2.75) is 45.2 Å². The van der Waals surface area contributed by atoms with Crippen molar-refractivity contribution < 1.29 is 4.79 Å². The first-order valence-corrected chi connectivity index (χ1v) is 9.08. The molecule has 1 atom stereocenters. The van der Waals surface area contributed by atoms with E-state index in [1.807, 2.05) is 23.8 Å². The van der Waals surface area contributed by atoms with Crippen LogP contribution >= 0.6 is 0 Å². The maximum Gasteiger partial charge on any atom is 0.242 e. The summed E-state index contributed by atoms with van der Waals surface area (Å²) in [6, 6.07) is 7.85. The van der Waals surface area contributed by atoms with E-state index in [-0.39, 0.29) is 5.91 Å². The van der Waals surface area contributed by atoms with Gasteiger partial charge in [-0.3, -0.25) is 9.69 Å². The van der Waals surface area contributed by atoms with Gasteiger partial charge in [-0.05, 0) is 44.0 Å². The first kappa shape index (κ1) is 17.6. The van der Waals surface area contributed by atoms with Crippen LogP contribution in [-0.2, 0) is 11.3 Å². The molecular formula is C19H27N5O. The van der Waals surface area contributed by atoms with Crippen LogP contribution in [0.5, 0.6) is 0 Å². The van der Waals surface area contributed by atoms with Gasteiger partial charge in [-0.15, -0.1) is 0 Å². The maximum atomic E-state index is 12.1. The molecular weight excluding hydrogens is 314 g/mol. The predicted octanol–water partition coefficient (Wildman–Crippen LogP) is 2.53. The fourth-order valence-corrected chi connectivity index (χ4v) is 3.26. The van der Waals surface area contributed by atoms with Crippen LogP contribution in [0.15, 0.2) is 36.8 Å². The van der Waals surface area contributed by atoms with Crippen molar-refractivity contribution in [3.63, 3.8) is 0 Å². The van der Waals surface area contributed by atoms with Crippen molar-refractivity contribution in [3.8, 4) is 5.69 Å². The van der Waals surface area contributed by atoms with Gasteiger partial charge in [0.25, 0.3) is 0 Å². The Balaban J connectivity index is 1.72. The molecule has 1 aliphatic rings. The van der Waals surface area contributed by atoms with E-state index < -0.39 is 6.04 Å². The van der Waals surface area contributed by atoms with Gasteiger partial charge in [-0.2, -0.15) is 0 Å². The number of rotatable bonds is 7. The molecule has 0 spiro atoms. The average Bonchev–Trinajstić information content (AvgIpc) is 3.28. The quantitative estimate of drug-likeness (QED) is 0.811. The summed E-state index contributed by atoms with van der Waals surface area (Å²) in [5.74, 6) is 0.352. The topological polar surface area (TPSA) is 76.2 Å². The van der Waals surface area contributed by atoms with Crippen molar-refractivity contribution >= 4 is 11.7 Å². The molecule has 25 heavy (non-hydrogen) atoms. The number of anilines is 1. The zero-order chi connectivity index (χ0) is 17.6. The molecule has 6 nitrogen and oxygen atoms in total. The third-order valence-electron chi connectivity index (χ3n) is 4.63. The highest BCUT2D eigenvalue weighted by Gasteiger charge is 2.16. The predicted molar refractivity (Wildman–Crippen MR) is 99.6 cm³/mol. The van der Waals surface area contributed by atoms with Crippen molar-refractivity contribution in [1.82, 2.24) is 14.5 Å². The molecule has 2 aromatic rings. The molecule has 1 fully saturated rings. The van der Waals surface area contributed by atoms with Crippen molar-refractivity contribution in [1.29, 1.82) is 0 Å². The lowest BCUT2D eigenvalue weighted by atomic mass is 10.1. The summed E-state index contributed by atoms with van der Waals surface area (Å²) >= 11 is 0. The summed E-state index contributed by atoms with van der Waals surface area (Å²) in [5, 5.41) is 2.80. The van der Waals surface area contributed by atoms with Gasteiger partial charge < -0.3 is 15.6 Å². The number of benzene rings is 1. The normalized spacial score (nSPS) is 16.1. The minimum Gasteiger partial charge on any atom is -0.320 e. The summed E-state index contributed by atoms with van der Waals surface area (Å²) in [6.45, 7) is 5.28. The molecule has 2 heterocycles. The number of carbonyl (C=O) groups excluding carboxylic acids is 1. The number of nitrogens with zero attached hydrogens (tertiary/aromatic N) is 3. The van der Waals surface area contributed by atoms with E-state index in [2.05, 4.69) is 33.4 Å². The van der Waals surface area contributed by atoms with Gasteiger partial charge in [-0.25, -0.2) is 4.98 Å². The number of likely N-dealkylation sites (tertiary alicyclic amines) is 1. The molecule has 0 radical (unpaired) electrons. The maximum absolute atomic E-state index is 12.1. The van der Waals surface area contributed by atoms with Crippen LogP contribution in [-0.4, -0.2) is 39.5 Å². The van der Waals surface area contributed by atoms with Crippen LogP contribution in [0.25, 0.3) is 5.69 Å². The van der Waals surface area contributed by atoms with Gasteiger partial charge in [0.15, 0.2) is 5.82 Å². The van der Waals surface area contributed by atoms with Gasteiger partial charge in [0.05, 0.1) is 17.9 Å². The van der Waals surface area contributed by atoms with Crippen LogP contribution in [0.1, 0.15) is 38.2 Å². The third-order valence-corrected chi connectivity index (χ3v) is 4.63. The molecule has 0 aliphatic carbocycles. The van der Waals surface area contributed by atoms with Crippen molar-refractivity contribution in [2.24, 2.45) is 5.73 Å². The number of hydrogen-bond acceptors (Lipinski definition) is 4. The highest BCUT2D eigenvalue weighted by atomic mass is 16.2. The summed E-state index contributed by atoms with van der Waals surface area (Å²) in [4.78, 5) is 18.8. The number of aromatic nitrogens is 2. The van der Waals surface area contributed by atoms with Gasteiger partial charge in [0, 0.05) is 6.54 Å². The molecule has 0 bridgehead atoms. The number of amides is 1. The highest BCUT2D eigenvalue weighted by Crippen LogP contribution is 2.20. The fraction of sp³-hybridized carbons (Fsp3) is 0.474. The van der Waals surface area contributed by atoms with Crippen molar-refractivity contribution in [2.75, 3.05) is 18.4 Å². The monoisotopic (exact) mass is 341 g/mol. The summed E-state index contributed by atoms with van der Waals surface area (Å²) < 4.78 is 1.96. The Labute approximate surface area is 149 Å². The van der Waals surface area contributed by atoms with Gasteiger partial charge in [-0.1, -0.05) is 31.5 Å². The first-order valence-electron chi connectivity index (χ1n) is 9.08. The second kappa shape index (κ2) is 8.27. The van der Waals surface area contributed by atoms with E-state index in [0.29, 0.717) is 12.2 Å². The molecule has 1 aromatic carbocycles. The molecule has 3 N–H and O–H groups in total. The van der Waals surface area contributed by atoms with E-state index >= 15 is 0 Å². The summed E-state index contributed by atoms with van der Waals surface area (Å²) in [6.07, 6.45) is 7.70. The lowest BCUT2D eigenvalue weighted by Gasteiger charge is -2.17. The number of hydrogen-bond donors (Lipinski definition) is 2. The van der Waals surface area contributed by atoms with E-state index in [1.165, 1.54) is 18.4 Å². The Hall–Kier alpha value is -2.18. The Morgan fingerprint density at radius 3 is 2.84 bits per heavy atom. The molecule has 1 aliphatic heterocycles. The molecule has 1 saturated heterocycles. The Morgan fingerprint density at radius 1 is 1.32 bits per heavy atom. The minimum absolute atomic E-state index is 0.183. The largest absolute Gasteiger partial charge is 0.320 e. The zero-order valence-electron chi connectivity index (χ0n) is 14.8. The number of imidazole rings is 1. The van der Waals surface area contributed by atoms with Gasteiger partial charge >= 0.3 is 0 Å². The molecule has 134 valence electrons. The fourth-order valence-electron chi connectivity index (χ4n) is 3.26. The zero-order valence-corrected chi connectivity index (χ0v) is 14.8. The number of nitrogens with two attached hydrogens (primary N) is 1. The molecule has 0 saturated carbocycles. The lowest BCUT2D eigenvalue weighted by molar-refractivity contribution is -0.117. The second-order valence-electron chi connectivity index (χ2n) is 6.66. The van der Waals surface area contributed by atoms with E-state index in [1.54, 1.807) is 6.33 Å². The first-order chi connectivity index (χ1) is 12.2. The number of para-hydroxylation sites is 1. The Bertz CT molecular complexity index is 705. The van der Waals surface area contributed by atoms with E-state index in [4.69, 9.17) is 5.73 Å². The van der Waals surface area contributed by atoms with Crippen LogP contribution in [0.4, 0.5) is 5.82 Å². The van der Waals surface area contributed by atoms with Gasteiger partial charge in [0.1, 0.15) is 6.33 Å². The van der Waals surface area contributed by atoms with Gasteiger partial charge in [0.2, 0.25) is 5.91 Å². The Morgan fingerprint density at radius 2 is 2.08 bits per heavy atom. The third kappa shape index (κ3) is 4.46. The number of carbonyl (C=O) groups is 1. The smallest absolute Gasteiger partial charge is 0.242 e. The SMILES string of the molecule is CCC[C@H](N)C(=O)Nc1cn(-c2ccccc2CN2CCCC2)cn1.